The van der Waals surface area contributed by atoms with Crippen molar-refractivity contribution in [3.8, 4) is 0 Å². The van der Waals surface area contributed by atoms with Crippen molar-refractivity contribution < 1.29 is 0 Å². The van der Waals surface area contributed by atoms with Gasteiger partial charge in [0.25, 0.3) is 0 Å². The van der Waals surface area contributed by atoms with E-state index in [0.717, 1.165) is 17.6 Å². The molecule has 0 radical (unpaired) electrons. The second-order valence-corrected chi connectivity index (χ2v) is 2.63. The van der Waals surface area contributed by atoms with Crippen molar-refractivity contribution in [3.63, 3.8) is 0 Å². The van der Waals surface area contributed by atoms with E-state index >= 15 is 0 Å². The summed E-state index contributed by atoms with van der Waals surface area (Å²) >= 11 is 0. The van der Waals surface area contributed by atoms with Crippen LogP contribution in [0.4, 0.5) is 0 Å². The van der Waals surface area contributed by atoms with Gasteiger partial charge in [-0.15, -0.1) is 0 Å². The zero-order valence-corrected chi connectivity index (χ0v) is 10.1. The lowest BCUT2D eigenvalue weighted by Gasteiger charge is -2.04. The highest BCUT2D eigenvalue weighted by molar-refractivity contribution is 6.01. The van der Waals surface area contributed by atoms with Gasteiger partial charge in [-0.25, -0.2) is 0 Å². The molecular weight excluding hydrogens is 170 g/mol. The average molecular weight is 193 g/mol. The maximum Gasteiger partial charge on any atom is 0.0385 e. The fraction of sp³-hybridized carbons (Fsp3) is 0.462. The third-order valence-electron chi connectivity index (χ3n) is 1.74. The Morgan fingerprint density at radius 2 is 1.86 bits per heavy atom. The number of allylic oxidation sites excluding steroid dienone is 5. The molecule has 0 aromatic carbocycles. The van der Waals surface area contributed by atoms with Crippen LogP contribution in [0.3, 0.4) is 0 Å². The number of hydrogen-bond donors (Lipinski definition) is 1. The maximum absolute atomic E-state index is 7.67. The molecular formula is C13H23N. The van der Waals surface area contributed by atoms with Gasteiger partial charge in [-0.3, -0.25) is 0 Å². The summed E-state index contributed by atoms with van der Waals surface area (Å²) in [4.78, 5) is 0. The van der Waals surface area contributed by atoms with Crippen molar-refractivity contribution in [2.75, 3.05) is 0 Å². The molecule has 14 heavy (non-hydrogen) atoms. The maximum atomic E-state index is 7.67. The minimum Gasteiger partial charge on any atom is -0.305 e. The number of hydrogen-bond acceptors (Lipinski definition) is 1. The monoisotopic (exact) mass is 193 g/mol. The fourth-order valence-electron chi connectivity index (χ4n) is 0.937. The first-order valence-electron chi connectivity index (χ1n) is 5.21. The van der Waals surface area contributed by atoms with E-state index in [0.29, 0.717) is 5.71 Å². The van der Waals surface area contributed by atoms with Gasteiger partial charge >= 0.3 is 0 Å². The predicted octanol–water partition coefficient (Wildman–Crippen LogP) is 4.52. The smallest absolute Gasteiger partial charge is 0.0385 e. The molecule has 0 spiro atoms. The van der Waals surface area contributed by atoms with Gasteiger partial charge in [0.05, 0.1) is 0 Å². The van der Waals surface area contributed by atoms with Gasteiger partial charge in [0.2, 0.25) is 0 Å². The Morgan fingerprint density at radius 1 is 1.36 bits per heavy atom. The molecule has 0 atom stereocenters. The molecule has 0 aliphatic rings. The van der Waals surface area contributed by atoms with Crippen LogP contribution >= 0.6 is 0 Å². The molecule has 0 aromatic heterocycles. The van der Waals surface area contributed by atoms with Crippen molar-refractivity contribution in [2.24, 2.45) is 0 Å². The van der Waals surface area contributed by atoms with Crippen LogP contribution in [-0.4, -0.2) is 5.71 Å². The molecule has 0 aliphatic carbocycles. The Labute approximate surface area is 88.7 Å². The second kappa shape index (κ2) is 9.97. The summed E-state index contributed by atoms with van der Waals surface area (Å²) in [5.74, 6) is 0. The summed E-state index contributed by atoms with van der Waals surface area (Å²) in [5, 5.41) is 7.67. The van der Waals surface area contributed by atoms with Crippen LogP contribution in [0.5, 0.6) is 0 Å². The molecule has 0 saturated carbocycles. The number of rotatable bonds is 4. The molecule has 1 N–H and O–H groups in total. The van der Waals surface area contributed by atoms with Crippen molar-refractivity contribution in [2.45, 2.75) is 41.0 Å². The Morgan fingerprint density at radius 3 is 2.14 bits per heavy atom. The first-order chi connectivity index (χ1) is 6.67. The van der Waals surface area contributed by atoms with Gasteiger partial charge in [0.15, 0.2) is 0 Å². The van der Waals surface area contributed by atoms with Crippen molar-refractivity contribution in [1.82, 2.24) is 0 Å². The molecule has 80 valence electrons. The zero-order valence-electron chi connectivity index (χ0n) is 10.1. The zero-order chi connectivity index (χ0) is 11.6. The van der Waals surface area contributed by atoms with Crippen LogP contribution < -0.4 is 0 Å². The van der Waals surface area contributed by atoms with Crippen LogP contribution in [-0.2, 0) is 0 Å². The van der Waals surface area contributed by atoms with Gasteiger partial charge < -0.3 is 5.41 Å². The molecule has 0 fully saturated rings. The Bertz CT molecular complexity index is 232. The molecule has 1 nitrogen and oxygen atoms in total. The van der Waals surface area contributed by atoms with E-state index in [1.165, 1.54) is 0 Å². The molecule has 0 rings (SSSR count). The lowest BCUT2D eigenvalue weighted by atomic mass is 10.0. The van der Waals surface area contributed by atoms with Crippen LogP contribution in [0.15, 0.2) is 36.0 Å². The quantitative estimate of drug-likeness (QED) is 0.501. The molecule has 0 heterocycles. The van der Waals surface area contributed by atoms with Crippen molar-refractivity contribution >= 4 is 5.71 Å². The molecule has 0 aromatic rings. The highest BCUT2D eigenvalue weighted by atomic mass is 14.4. The van der Waals surface area contributed by atoms with E-state index in [1.54, 1.807) is 6.08 Å². The summed E-state index contributed by atoms with van der Waals surface area (Å²) in [7, 11) is 0. The van der Waals surface area contributed by atoms with Gasteiger partial charge in [0.1, 0.15) is 0 Å². The Balaban J connectivity index is 0. The van der Waals surface area contributed by atoms with E-state index in [-0.39, 0.29) is 0 Å². The van der Waals surface area contributed by atoms with Crippen LogP contribution in [0.1, 0.15) is 41.0 Å². The minimum atomic E-state index is 0.672. The van der Waals surface area contributed by atoms with Crippen molar-refractivity contribution in [3.05, 3.63) is 36.0 Å². The predicted molar refractivity (Wildman–Crippen MR) is 67.1 cm³/mol. The molecule has 0 bridgehead atoms. The highest BCUT2D eigenvalue weighted by Gasteiger charge is 2.00. The van der Waals surface area contributed by atoms with E-state index in [9.17, 15) is 0 Å². The highest BCUT2D eigenvalue weighted by Crippen LogP contribution is 2.10. The summed E-state index contributed by atoms with van der Waals surface area (Å²) in [5.41, 5.74) is 2.74. The van der Waals surface area contributed by atoms with Crippen LogP contribution in [0, 0.1) is 5.41 Å². The average Bonchev–Trinajstić information content (AvgIpc) is 2.26. The van der Waals surface area contributed by atoms with Gasteiger partial charge in [-0.2, -0.15) is 0 Å². The van der Waals surface area contributed by atoms with E-state index in [4.69, 9.17) is 5.41 Å². The number of nitrogens with one attached hydrogen (secondary N) is 1. The second-order valence-electron chi connectivity index (χ2n) is 2.63. The third kappa shape index (κ3) is 5.52. The van der Waals surface area contributed by atoms with Gasteiger partial charge in [0, 0.05) is 5.71 Å². The van der Waals surface area contributed by atoms with E-state index in [1.807, 2.05) is 46.8 Å². The molecule has 0 aliphatic heterocycles. The first kappa shape index (κ1) is 15.4. The largest absolute Gasteiger partial charge is 0.305 e. The van der Waals surface area contributed by atoms with Crippen LogP contribution in [0.25, 0.3) is 0 Å². The summed E-state index contributed by atoms with van der Waals surface area (Å²) in [6.45, 7) is 13.6. The standard InChI is InChI=1S/C11H17N.C2H6/c1-5-8-10(9(4)6-2)11(12)7-3;1-2/h5-6,8,12H,2,7H2,1,3-4H3;1-2H3/b8-5-,10-9-,12-11?;. The topological polar surface area (TPSA) is 23.9 Å². The lowest BCUT2D eigenvalue weighted by Crippen LogP contribution is -1.98. The summed E-state index contributed by atoms with van der Waals surface area (Å²) < 4.78 is 0. The fourth-order valence-corrected chi connectivity index (χ4v) is 0.937. The minimum absolute atomic E-state index is 0.672. The van der Waals surface area contributed by atoms with E-state index < -0.39 is 0 Å². The Hall–Kier alpha value is -1.11. The summed E-state index contributed by atoms with van der Waals surface area (Å²) in [6.07, 6.45) is 6.47. The van der Waals surface area contributed by atoms with Gasteiger partial charge in [-0.1, -0.05) is 45.6 Å². The van der Waals surface area contributed by atoms with E-state index in [2.05, 4.69) is 6.58 Å². The first-order valence-corrected chi connectivity index (χ1v) is 5.21. The lowest BCUT2D eigenvalue weighted by molar-refractivity contribution is 1.23. The normalized spacial score (nSPS) is 11.5. The van der Waals surface area contributed by atoms with Crippen LogP contribution in [0.2, 0.25) is 0 Å². The third-order valence-corrected chi connectivity index (χ3v) is 1.74. The summed E-state index contributed by atoms with van der Waals surface area (Å²) in [6, 6.07) is 0. The van der Waals surface area contributed by atoms with Gasteiger partial charge in [-0.05, 0) is 31.4 Å². The molecule has 0 amide bonds. The van der Waals surface area contributed by atoms with Crippen molar-refractivity contribution in [1.29, 1.82) is 5.41 Å². The molecule has 0 saturated heterocycles. The molecule has 0 unspecified atom stereocenters. The SMILES string of the molecule is C=C/C(C)=C(/C=C\C)C(=N)CC.CC. The molecule has 1 heteroatoms. The Kier molecular flexibility index (Phi) is 10.9.